The molecule has 0 saturated heterocycles. The molecule has 0 unspecified atom stereocenters. The second-order valence-electron chi connectivity index (χ2n) is 3.38. The van der Waals surface area contributed by atoms with Crippen LogP contribution in [0.5, 0.6) is 0 Å². The molecule has 5 nitrogen and oxygen atoms in total. The van der Waals surface area contributed by atoms with Crippen LogP contribution in [0, 0.1) is 0 Å². The predicted octanol–water partition coefficient (Wildman–Crippen LogP) is 1.36. The van der Waals surface area contributed by atoms with E-state index in [1.165, 1.54) is 0 Å². The van der Waals surface area contributed by atoms with Crippen LogP contribution in [0.25, 0.3) is 22.3 Å². The van der Waals surface area contributed by atoms with Gasteiger partial charge in [0.05, 0.1) is 11.9 Å². The Bertz CT molecular complexity index is 607. The Morgan fingerprint density at radius 2 is 2.33 bits per heavy atom. The van der Waals surface area contributed by atoms with E-state index in [4.69, 9.17) is 0 Å². The Hall–Kier alpha value is -2.17. The van der Waals surface area contributed by atoms with Gasteiger partial charge in [0, 0.05) is 30.4 Å². The Labute approximate surface area is 85.8 Å². The summed E-state index contributed by atoms with van der Waals surface area (Å²) in [6.07, 6.45) is 5.48. The van der Waals surface area contributed by atoms with E-state index in [0.29, 0.717) is 0 Å². The first kappa shape index (κ1) is 8.16. The molecule has 0 radical (unpaired) electrons. The monoisotopic (exact) mass is 199 g/mol. The fraction of sp³-hybridized carbons (Fsp3) is 0.100. The predicted molar refractivity (Wildman–Crippen MR) is 56.1 cm³/mol. The van der Waals surface area contributed by atoms with E-state index in [-0.39, 0.29) is 0 Å². The van der Waals surface area contributed by atoms with Gasteiger partial charge in [0.15, 0.2) is 5.65 Å². The topological polar surface area (TPSA) is 59.4 Å². The van der Waals surface area contributed by atoms with Gasteiger partial charge < -0.3 is 0 Å². The number of aryl methyl sites for hydroxylation is 1. The number of aromatic nitrogens is 5. The minimum atomic E-state index is 0.733. The molecule has 0 aliphatic carbocycles. The first-order valence-electron chi connectivity index (χ1n) is 4.63. The van der Waals surface area contributed by atoms with Crippen LogP contribution >= 0.6 is 0 Å². The lowest BCUT2D eigenvalue weighted by Crippen LogP contribution is -1.84. The molecule has 15 heavy (non-hydrogen) atoms. The van der Waals surface area contributed by atoms with Crippen LogP contribution in [0.1, 0.15) is 0 Å². The second-order valence-corrected chi connectivity index (χ2v) is 3.38. The number of H-pyrrole nitrogens is 1. The van der Waals surface area contributed by atoms with E-state index in [1.807, 2.05) is 25.4 Å². The van der Waals surface area contributed by atoms with Crippen molar-refractivity contribution in [3.8, 4) is 11.3 Å². The molecule has 3 rings (SSSR count). The summed E-state index contributed by atoms with van der Waals surface area (Å²) in [4.78, 5) is 4.16. The van der Waals surface area contributed by atoms with Crippen LogP contribution in [0.3, 0.4) is 0 Å². The number of aromatic amines is 1. The Kier molecular flexibility index (Phi) is 1.58. The van der Waals surface area contributed by atoms with Crippen LogP contribution < -0.4 is 0 Å². The van der Waals surface area contributed by atoms with Gasteiger partial charge in [-0.1, -0.05) is 0 Å². The zero-order chi connectivity index (χ0) is 10.3. The smallest absolute Gasteiger partial charge is 0.181 e. The molecule has 0 spiro atoms. The lowest BCUT2D eigenvalue weighted by Gasteiger charge is -1.91. The number of nitrogens with zero attached hydrogens (tertiary/aromatic N) is 4. The van der Waals surface area contributed by atoms with E-state index in [9.17, 15) is 0 Å². The number of pyridine rings is 1. The summed E-state index contributed by atoms with van der Waals surface area (Å²) >= 11 is 0. The average molecular weight is 199 g/mol. The summed E-state index contributed by atoms with van der Waals surface area (Å²) in [5.41, 5.74) is 2.72. The van der Waals surface area contributed by atoms with E-state index in [2.05, 4.69) is 20.3 Å². The van der Waals surface area contributed by atoms with Gasteiger partial charge in [-0.3, -0.25) is 9.78 Å². The number of rotatable bonds is 1. The molecule has 3 aromatic rings. The van der Waals surface area contributed by atoms with E-state index < -0.39 is 0 Å². The molecule has 0 aromatic carbocycles. The second kappa shape index (κ2) is 2.91. The molecular weight excluding hydrogens is 190 g/mol. The largest absolute Gasteiger partial charge is 0.275 e. The number of hydrogen-bond donors (Lipinski definition) is 1. The van der Waals surface area contributed by atoms with Crippen molar-refractivity contribution in [2.75, 3.05) is 0 Å². The number of fused-ring (bicyclic) bond motifs is 1. The van der Waals surface area contributed by atoms with Crippen LogP contribution in [0.15, 0.2) is 30.7 Å². The first-order chi connectivity index (χ1) is 7.34. The molecule has 5 heteroatoms. The summed E-state index contributed by atoms with van der Waals surface area (Å²) in [6, 6.07) is 3.89. The van der Waals surface area contributed by atoms with Crippen molar-refractivity contribution in [1.82, 2.24) is 25.0 Å². The number of nitrogens with one attached hydrogen (secondary N) is 1. The van der Waals surface area contributed by atoms with E-state index in [0.717, 1.165) is 22.3 Å². The van der Waals surface area contributed by atoms with Gasteiger partial charge in [-0.25, -0.2) is 4.98 Å². The summed E-state index contributed by atoms with van der Waals surface area (Å²) in [7, 11) is 1.89. The fourth-order valence-electron chi connectivity index (χ4n) is 1.62. The molecule has 74 valence electrons. The zero-order valence-corrected chi connectivity index (χ0v) is 8.18. The third-order valence-corrected chi connectivity index (χ3v) is 2.32. The van der Waals surface area contributed by atoms with Gasteiger partial charge in [-0.2, -0.15) is 10.2 Å². The normalized spacial score (nSPS) is 11.0. The van der Waals surface area contributed by atoms with Gasteiger partial charge in [-0.05, 0) is 12.1 Å². The van der Waals surface area contributed by atoms with Crippen molar-refractivity contribution < 1.29 is 0 Å². The molecule has 3 heterocycles. The van der Waals surface area contributed by atoms with Crippen LogP contribution in [0.2, 0.25) is 0 Å². The summed E-state index contributed by atoms with van der Waals surface area (Å²) < 4.78 is 1.76. The van der Waals surface area contributed by atoms with Crippen molar-refractivity contribution in [3.05, 3.63) is 30.7 Å². The quantitative estimate of drug-likeness (QED) is 0.643. The van der Waals surface area contributed by atoms with Crippen molar-refractivity contribution in [1.29, 1.82) is 0 Å². The molecule has 3 aromatic heterocycles. The summed E-state index contributed by atoms with van der Waals surface area (Å²) in [5, 5.41) is 12.3. The molecule has 0 saturated carbocycles. The Balaban J connectivity index is 2.27. The SMILES string of the molecule is Cn1cc(-c2[nH]nc3ncccc23)cn1. The maximum Gasteiger partial charge on any atom is 0.181 e. The Morgan fingerprint density at radius 3 is 3.13 bits per heavy atom. The maximum absolute atomic E-state index is 4.16. The number of hydrogen-bond acceptors (Lipinski definition) is 3. The molecular formula is C10H9N5. The summed E-state index contributed by atoms with van der Waals surface area (Å²) in [6.45, 7) is 0. The molecule has 0 amide bonds. The third-order valence-electron chi connectivity index (χ3n) is 2.32. The molecule has 0 atom stereocenters. The van der Waals surface area contributed by atoms with E-state index in [1.54, 1.807) is 17.1 Å². The minimum absolute atomic E-state index is 0.733. The molecule has 1 N–H and O–H groups in total. The highest BCUT2D eigenvalue weighted by Gasteiger charge is 2.08. The highest BCUT2D eigenvalue weighted by atomic mass is 15.2. The maximum atomic E-state index is 4.16. The fourth-order valence-corrected chi connectivity index (χ4v) is 1.62. The minimum Gasteiger partial charge on any atom is -0.275 e. The lowest BCUT2D eigenvalue weighted by molar-refractivity contribution is 0.768. The van der Waals surface area contributed by atoms with Crippen molar-refractivity contribution in [2.24, 2.45) is 7.05 Å². The van der Waals surface area contributed by atoms with Gasteiger partial charge in [0.2, 0.25) is 0 Å². The van der Waals surface area contributed by atoms with Crippen LogP contribution in [-0.2, 0) is 7.05 Å². The van der Waals surface area contributed by atoms with Crippen LogP contribution in [-0.4, -0.2) is 25.0 Å². The van der Waals surface area contributed by atoms with Crippen molar-refractivity contribution in [3.63, 3.8) is 0 Å². The first-order valence-corrected chi connectivity index (χ1v) is 4.63. The Morgan fingerprint density at radius 1 is 1.40 bits per heavy atom. The zero-order valence-electron chi connectivity index (χ0n) is 8.18. The molecule has 0 bridgehead atoms. The van der Waals surface area contributed by atoms with Gasteiger partial charge >= 0.3 is 0 Å². The van der Waals surface area contributed by atoms with Gasteiger partial charge in [0.25, 0.3) is 0 Å². The molecule has 0 aliphatic heterocycles. The average Bonchev–Trinajstić information content (AvgIpc) is 2.83. The van der Waals surface area contributed by atoms with Gasteiger partial charge in [-0.15, -0.1) is 0 Å². The van der Waals surface area contributed by atoms with Gasteiger partial charge in [0.1, 0.15) is 0 Å². The van der Waals surface area contributed by atoms with Crippen molar-refractivity contribution >= 4 is 11.0 Å². The molecule has 0 fully saturated rings. The van der Waals surface area contributed by atoms with Crippen LogP contribution in [0.4, 0.5) is 0 Å². The molecule has 0 aliphatic rings. The standard InChI is InChI=1S/C10H9N5/c1-15-6-7(5-12-15)9-8-3-2-4-11-10(8)14-13-9/h2-6H,1H3,(H,11,13,14). The summed E-state index contributed by atoms with van der Waals surface area (Å²) in [5.74, 6) is 0. The third kappa shape index (κ3) is 1.20. The van der Waals surface area contributed by atoms with E-state index >= 15 is 0 Å². The highest BCUT2D eigenvalue weighted by Crippen LogP contribution is 2.23. The highest BCUT2D eigenvalue weighted by molar-refractivity contribution is 5.90. The van der Waals surface area contributed by atoms with Crippen molar-refractivity contribution in [2.45, 2.75) is 0 Å². The lowest BCUT2D eigenvalue weighted by atomic mass is 10.2.